The van der Waals surface area contributed by atoms with E-state index in [9.17, 15) is 19.4 Å². The average molecular weight is 1110 g/mol. The molecular formula is C68H136N2O6P+. The first-order valence-corrected chi connectivity index (χ1v) is 35.7. The molecule has 0 aliphatic heterocycles. The molecule has 1 amide bonds. The molecule has 0 fully saturated rings. The van der Waals surface area contributed by atoms with Gasteiger partial charge in [-0.25, -0.2) is 4.57 Å². The maximum Gasteiger partial charge on any atom is 0.472 e. The topological polar surface area (TPSA) is 105 Å². The highest BCUT2D eigenvalue weighted by molar-refractivity contribution is 7.47. The minimum atomic E-state index is -4.36. The summed E-state index contributed by atoms with van der Waals surface area (Å²) in [5.74, 6) is -0.178. The van der Waals surface area contributed by atoms with Crippen LogP contribution in [-0.4, -0.2) is 73.4 Å². The fraction of sp³-hybridized carbons (Fsp3) is 0.926. The summed E-state index contributed by atoms with van der Waals surface area (Å²) < 4.78 is 23.8. The third-order valence-electron chi connectivity index (χ3n) is 15.9. The van der Waals surface area contributed by atoms with Crippen molar-refractivity contribution < 1.29 is 32.9 Å². The van der Waals surface area contributed by atoms with Crippen molar-refractivity contribution in [2.75, 3.05) is 40.9 Å². The number of hydrogen-bond donors (Lipinski definition) is 3. The largest absolute Gasteiger partial charge is 0.472 e. The molecule has 0 aliphatic carbocycles. The number of hydrogen-bond acceptors (Lipinski definition) is 5. The van der Waals surface area contributed by atoms with Gasteiger partial charge in [-0.1, -0.05) is 340 Å². The van der Waals surface area contributed by atoms with E-state index in [0.29, 0.717) is 17.4 Å². The molecule has 0 aromatic carbocycles. The normalized spacial score (nSPS) is 13.8. The van der Waals surface area contributed by atoms with Crippen molar-refractivity contribution in [3.05, 3.63) is 24.3 Å². The van der Waals surface area contributed by atoms with Gasteiger partial charge in [-0.3, -0.25) is 13.8 Å². The number of quaternary nitrogens is 1. The van der Waals surface area contributed by atoms with Crippen LogP contribution in [0, 0.1) is 0 Å². The molecule has 0 aromatic rings. The number of nitrogens with zero attached hydrogens (tertiary/aromatic N) is 1. The number of aliphatic hydroxyl groups is 1. The van der Waals surface area contributed by atoms with Crippen molar-refractivity contribution in [1.82, 2.24) is 5.32 Å². The van der Waals surface area contributed by atoms with E-state index < -0.39 is 20.0 Å². The van der Waals surface area contributed by atoms with Crippen molar-refractivity contribution in [3.8, 4) is 0 Å². The summed E-state index contributed by atoms with van der Waals surface area (Å²) in [5, 5.41) is 14.0. The lowest BCUT2D eigenvalue weighted by molar-refractivity contribution is -0.870. The molecule has 3 unspecified atom stereocenters. The van der Waals surface area contributed by atoms with Gasteiger partial charge >= 0.3 is 7.82 Å². The molecule has 77 heavy (non-hydrogen) atoms. The minimum absolute atomic E-state index is 0.0591. The summed E-state index contributed by atoms with van der Waals surface area (Å²) in [6.07, 6.45) is 77.6. The van der Waals surface area contributed by atoms with E-state index in [0.717, 1.165) is 38.5 Å². The van der Waals surface area contributed by atoms with Crippen molar-refractivity contribution in [3.63, 3.8) is 0 Å². The zero-order valence-corrected chi connectivity index (χ0v) is 53.4. The summed E-state index contributed by atoms with van der Waals surface area (Å²) in [7, 11) is 1.57. The van der Waals surface area contributed by atoms with E-state index in [2.05, 4.69) is 31.3 Å². The van der Waals surface area contributed by atoms with Crippen LogP contribution in [0.2, 0.25) is 0 Å². The number of unbranched alkanes of at least 4 members (excludes halogenated alkanes) is 49. The van der Waals surface area contributed by atoms with Gasteiger partial charge in [0, 0.05) is 6.42 Å². The number of amides is 1. The molecular weight excluding hydrogens is 972 g/mol. The van der Waals surface area contributed by atoms with E-state index in [1.54, 1.807) is 6.08 Å². The number of rotatable bonds is 64. The third-order valence-corrected chi connectivity index (χ3v) is 16.9. The van der Waals surface area contributed by atoms with Crippen LogP contribution >= 0.6 is 7.82 Å². The molecule has 3 N–H and O–H groups in total. The molecule has 0 saturated heterocycles. The zero-order chi connectivity index (χ0) is 56.3. The molecule has 0 rings (SSSR count). The van der Waals surface area contributed by atoms with Crippen molar-refractivity contribution in [1.29, 1.82) is 0 Å². The number of phosphoric ester groups is 1. The zero-order valence-electron chi connectivity index (χ0n) is 52.5. The Balaban J connectivity index is 4.09. The Bertz CT molecular complexity index is 1300. The summed E-state index contributed by atoms with van der Waals surface area (Å²) in [6.45, 7) is 4.86. The number of carbonyl (C=O) groups is 1. The van der Waals surface area contributed by atoms with Gasteiger partial charge in [0.25, 0.3) is 0 Å². The van der Waals surface area contributed by atoms with Crippen LogP contribution in [0.1, 0.15) is 354 Å². The molecule has 3 atom stereocenters. The Morgan fingerprint density at radius 2 is 0.714 bits per heavy atom. The van der Waals surface area contributed by atoms with Gasteiger partial charge in [0.15, 0.2) is 0 Å². The fourth-order valence-corrected chi connectivity index (χ4v) is 11.3. The molecule has 9 heteroatoms. The first kappa shape index (κ1) is 76.0. The van der Waals surface area contributed by atoms with Crippen LogP contribution in [0.4, 0.5) is 0 Å². The smallest absolute Gasteiger partial charge is 0.387 e. The van der Waals surface area contributed by atoms with Crippen molar-refractivity contribution >= 4 is 13.7 Å². The summed E-state index contributed by atoms with van der Waals surface area (Å²) >= 11 is 0. The molecule has 0 heterocycles. The second-order valence-electron chi connectivity index (χ2n) is 24.9. The van der Waals surface area contributed by atoms with Crippen LogP contribution in [0.25, 0.3) is 0 Å². The molecule has 0 aromatic heterocycles. The molecule has 0 saturated carbocycles. The van der Waals surface area contributed by atoms with Gasteiger partial charge in [0.05, 0.1) is 39.9 Å². The lowest BCUT2D eigenvalue weighted by atomic mass is 10.0. The molecule has 8 nitrogen and oxygen atoms in total. The predicted molar refractivity (Wildman–Crippen MR) is 337 cm³/mol. The summed E-state index contributed by atoms with van der Waals surface area (Å²) in [6, 6.07) is -0.861. The van der Waals surface area contributed by atoms with Crippen LogP contribution in [0.3, 0.4) is 0 Å². The predicted octanol–water partition coefficient (Wildman–Crippen LogP) is 21.5. The average Bonchev–Trinajstić information content (AvgIpc) is 3.39. The van der Waals surface area contributed by atoms with Gasteiger partial charge < -0.3 is 19.8 Å². The Morgan fingerprint density at radius 3 is 1.04 bits per heavy atom. The number of aliphatic hydroxyl groups excluding tert-OH is 1. The van der Waals surface area contributed by atoms with Crippen LogP contribution in [0.5, 0.6) is 0 Å². The number of phosphoric acid groups is 1. The van der Waals surface area contributed by atoms with E-state index in [1.165, 1.54) is 295 Å². The number of nitrogens with one attached hydrogen (secondary N) is 1. The maximum atomic E-state index is 13.0. The van der Waals surface area contributed by atoms with Gasteiger partial charge in [-0.05, 0) is 32.1 Å². The molecule has 458 valence electrons. The van der Waals surface area contributed by atoms with Crippen LogP contribution in [-0.2, 0) is 18.4 Å². The third kappa shape index (κ3) is 62.4. The van der Waals surface area contributed by atoms with E-state index >= 15 is 0 Å². The quantitative estimate of drug-likeness (QED) is 0.0243. The number of carbonyl (C=O) groups excluding carboxylic acids is 1. The van der Waals surface area contributed by atoms with Crippen molar-refractivity contribution in [2.45, 2.75) is 366 Å². The number of likely N-dealkylation sites (N-methyl/N-ethyl adjacent to an activating group) is 1. The summed E-state index contributed by atoms with van der Waals surface area (Å²) in [5.41, 5.74) is 0. The highest BCUT2D eigenvalue weighted by atomic mass is 31.2. The lowest BCUT2D eigenvalue weighted by Gasteiger charge is -2.25. The minimum Gasteiger partial charge on any atom is -0.387 e. The highest BCUT2D eigenvalue weighted by Crippen LogP contribution is 2.43. The second kappa shape index (κ2) is 59.6. The van der Waals surface area contributed by atoms with E-state index in [4.69, 9.17) is 9.05 Å². The lowest BCUT2D eigenvalue weighted by Crippen LogP contribution is -2.45. The van der Waals surface area contributed by atoms with Gasteiger partial charge in [-0.2, -0.15) is 0 Å². The Kier molecular flexibility index (Phi) is 58.8. The van der Waals surface area contributed by atoms with Gasteiger partial charge in [0.2, 0.25) is 5.91 Å². The fourth-order valence-electron chi connectivity index (χ4n) is 10.6. The second-order valence-corrected chi connectivity index (χ2v) is 26.4. The Labute approximate surface area is 481 Å². The first-order chi connectivity index (χ1) is 37.5. The van der Waals surface area contributed by atoms with E-state index in [-0.39, 0.29) is 19.1 Å². The summed E-state index contributed by atoms with van der Waals surface area (Å²) in [4.78, 5) is 23.4. The maximum absolute atomic E-state index is 13.0. The Hall–Kier alpha value is -1.02. The number of allylic oxidation sites excluding steroid dienone is 3. The van der Waals surface area contributed by atoms with Crippen molar-refractivity contribution in [2.24, 2.45) is 0 Å². The first-order valence-electron chi connectivity index (χ1n) is 34.2. The monoisotopic (exact) mass is 1110 g/mol. The van der Waals surface area contributed by atoms with Crippen LogP contribution < -0.4 is 5.32 Å². The molecule has 0 spiro atoms. The van der Waals surface area contributed by atoms with Gasteiger partial charge in [-0.15, -0.1) is 0 Å². The standard InChI is InChI=1S/C68H135N2O6P/c1-6-8-10-12-14-16-18-20-22-24-26-28-30-32-34-36-38-40-42-44-46-48-50-52-54-56-58-60-62-68(72)69-66(65-76-77(73,74)75-64-63-70(3,4)5)67(71)61-59-57-55-53-51-49-47-45-43-41-39-37-35-33-31-29-27-25-23-21-19-17-15-13-11-9-7-2/h51,53,59,61,66-67,71H,6-50,52,54-58,60,62-65H2,1-5H3,(H-,69,72,73,74)/p+1/b53-51+,61-59+. The van der Waals surface area contributed by atoms with Gasteiger partial charge in [0.1, 0.15) is 13.2 Å². The highest BCUT2D eigenvalue weighted by Gasteiger charge is 2.28. The van der Waals surface area contributed by atoms with E-state index in [1.807, 2.05) is 27.2 Å². The SMILES string of the molecule is CCCCCCCCCCCCCCCCCCCCCCC/C=C/CC/C=C/C(O)C(COP(=O)(O)OCC[N+](C)(C)C)NC(=O)CCCCCCCCCCCCCCCCCCCCCCCCCCCCCC. The Morgan fingerprint density at radius 1 is 0.429 bits per heavy atom. The molecule has 0 bridgehead atoms. The molecule has 0 radical (unpaired) electrons. The van der Waals surface area contributed by atoms with Crippen LogP contribution in [0.15, 0.2) is 24.3 Å². The molecule has 0 aliphatic rings.